The molecule has 0 atom stereocenters. The molecule has 0 fully saturated rings. The quantitative estimate of drug-likeness (QED) is 0.825. The molecule has 0 aliphatic heterocycles. The highest BCUT2D eigenvalue weighted by atomic mass is 32.1. The van der Waals surface area contributed by atoms with Gasteiger partial charge in [0.25, 0.3) is 0 Å². The molecule has 1 N–H and O–H groups in total. The second-order valence-electron chi connectivity index (χ2n) is 5.08. The van der Waals surface area contributed by atoms with E-state index in [1.54, 1.807) is 18.4 Å². The summed E-state index contributed by atoms with van der Waals surface area (Å²) >= 11 is 1.70. The summed E-state index contributed by atoms with van der Waals surface area (Å²) in [6.07, 6.45) is 1.06. The average molecular weight is 279 g/mol. The predicted octanol–water partition coefficient (Wildman–Crippen LogP) is 3.26. The van der Waals surface area contributed by atoms with Gasteiger partial charge in [0.2, 0.25) is 0 Å². The van der Waals surface area contributed by atoms with Crippen LogP contribution < -0.4 is 5.32 Å². The van der Waals surface area contributed by atoms with Gasteiger partial charge in [0.15, 0.2) is 0 Å². The van der Waals surface area contributed by atoms with Gasteiger partial charge in [-0.05, 0) is 30.2 Å². The smallest absolute Gasteiger partial charge is 0.138 e. The van der Waals surface area contributed by atoms with Crippen LogP contribution >= 0.6 is 11.3 Å². The van der Waals surface area contributed by atoms with Gasteiger partial charge in [0, 0.05) is 13.7 Å². The number of nitrogens with zero attached hydrogens (tertiary/aromatic N) is 2. The van der Waals surface area contributed by atoms with Crippen LogP contribution in [0, 0.1) is 12.8 Å². The third-order valence-electron chi connectivity index (χ3n) is 2.85. The number of anilines is 1. The van der Waals surface area contributed by atoms with Crippen molar-refractivity contribution in [2.24, 2.45) is 5.92 Å². The summed E-state index contributed by atoms with van der Waals surface area (Å²) in [6, 6.07) is 0. The van der Waals surface area contributed by atoms with E-state index in [1.165, 1.54) is 10.9 Å². The number of ether oxygens (including phenoxy) is 1. The Hall–Kier alpha value is -1.20. The number of methoxy groups -OCH3 is 1. The topological polar surface area (TPSA) is 47.0 Å². The standard InChI is InChI=1S/C14H21N3OS/c1-9(2)7-11-8-19-14-12(11)13(15-5-6-18-4)16-10(3)17-14/h8-9H,5-7H2,1-4H3,(H,15,16,17). The number of thiophene rings is 1. The molecule has 0 unspecified atom stereocenters. The summed E-state index contributed by atoms with van der Waals surface area (Å²) in [4.78, 5) is 10.1. The number of nitrogens with one attached hydrogen (secondary N) is 1. The Bertz CT molecular complexity index is 551. The predicted molar refractivity (Wildman–Crippen MR) is 81.1 cm³/mol. The summed E-state index contributed by atoms with van der Waals surface area (Å²) < 4.78 is 5.08. The molecule has 2 aromatic heterocycles. The van der Waals surface area contributed by atoms with Gasteiger partial charge in [0.05, 0.1) is 12.0 Å². The number of hydrogen-bond donors (Lipinski definition) is 1. The van der Waals surface area contributed by atoms with Crippen LogP contribution in [0.25, 0.3) is 10.2 Å². The van der Waals surface area contributed by atoms with Gasteiger partial charge in [-0.3, -0.25) is 0 Å². The van der Waals surface area contributed by atoms with Crippen molar-refractivity contribution in [3.05, 3.63) is 16.8 Å². The molecule has 0 spiro atoms. The van der Waals surface area contributed by atoms with Crippen LogP contribution in [0.2, 0.25) is 0 Å². The third-order valence-corrected chi connectivity index (χ3v) is 3.77. The van der Waals surface area contributed by atoms with E-state index < -0.39 is 0 Å². The Morgan fingerprint density at radius 2 is 2.16 bits per heavy atom. The Morgan fingerprint density at radius 1 is 1.37 bits per heavy atom. The Morgan fingerprint density at radius 3 is 2.84 bits per heavy atom. The van der Waals surface area contributed by atoms with Crippen molar-refractivity contribution in [2.75, 3.05) is 25.6 Å². The van der Waals surface area contributed by atoms with Gasteiger partial charge in [-0.15, -0.1) is 11.3 Å². The summed E-state index contributed by atoms with van der Waals surface area (Å²) in [5.41, 5.74) is 1.34. The first-order valence-corrected chi connectivity index (χ1v) is 7.47. The normalized spacial score (nSPS) is 11.4. The van der Waals surface area contributed by atoms with Crippen molar-refractivity contribution >= 4 is 27.4 Å². The summed E-state index contributed by atoms with van der Waals surface area (Å²) in [7, 11) is 1.71. The number of hydrogen-bond acceptors (Lipinski definition) is 5. The average Bonchev–Trinajstić information content (AvgIpc) is 2.71. The molecule has 2 aromatic rings. The van der Waals surface area contributed by atoms with E-state index in [0.29, 0.717) is 12.5 Å². The summed E-state index contributed by atoms with van der Waals surface area (Å²) in [5.74, 6) is 2.38. The molecule has 0 bridgehead atoms. The SMILES string of the molecule is COCCNc1nc(C)nc2scc(CC(C)C)c12. The highest BCUT2D eigenvalue weighted by Crippen LogP contribution is 2.31. The molecule has 5 heteroatoms. The zero-order chi connectivity index (χ0) is 13.8. The second kappa shape index (κ2) is 6.30. The van der Waals surface area contributed by atoms with Crippen LogP contribution in [0.4, 0.5) is 5.82 Å². The first kappa shape index (κ1) is 14.2. The summed E-state index contributed by atoms with van der Waals surface area (Å²) in [5, 5.41) is 6.75. The van der Waals surface area contributed by atoms with E-state index in [0.717, 1.165) is 29.4 Å². The Labute approximate surface area is 118 Å². The molecule has 2 rings (SSSR count). The lowest BCUT2D eigenvalue weighted by atomic mass is 10.0. The largest absolute Gasteiger partial charge is 0.383 e. The van der Waals surface area contributed by atoms with E-state index in [4.69, 9.17) is 4.74 Å². The molecule has 4 nitrogen and oxygen atoms in total. The molecular weight excluding hydrogens is 258 g/mol. The van der Waals surface area contributed by atoms with E-state index in [-0.39, 0.29) is 0 Å². The van der Waals surface area contributed by atoms with Crippen LogP contribution in [-0.2, 0) is 11.2 Å². The minimum atomic E-state index is 0.630. The lowest BCUT2D eigenvalue weighted by Gasteiger charge is -2.10. The fourth-order valence-electron chi connectivity index (χ4n) is 2.10. The molecule has 0 saturated heterocycles. The monoisotopic (exact) mass is 279 g/mol. The van der Waals surface area contributed by atoms with Gasteiger partial charge in [0.1, 0.15) is 16.5 Å². The van der Waals surface area contributed by atoms with Gasteiger partial charge >= 0.3 is 0 Å². The summed E-state index contributed by atoms with van der Waals surface area (Å²) in [6.45, 7) is 7.84. The Kier molecular flexibility index (Phi) is 4.71. The fraction of sp³-hybridized carbons (Fsp3) is 0.571. The molecule has 104 valence electrons. The number of rotatable bonds is 6. The zero-order valence-corrected chi connectivity index (χ0v) is 12.8. The maximum Gasteiger partial charge on any atom is 0.138 e. The van der Waals surface area contributed by atoms with Gasteiger partial charge in [-0.25, -0.2) is 9.97 Å². The van der Waals surface area contributed by atoms with E-state index >= 15 is 0 Å². The van der Waals surface area contributed by atoms with Crippen LogP contribution in [0.15, 0.2) is 5.38 Å². The molecule has 0 aliphatic carbocycles. The number of aryl methyl sites for hydroxylation is 1. The molecule has 0 aromatic carbocycles. The van der Waals surface area contributed by atoms with Crippen LogP contribution in [0.3, 0.4) is 0 Å². The van der Waals surface area contributed by atoms with Crippen molar-refractivity contribution in [2.45, 2.75) is 27.2 Å². The van der Waals surface area contributed by atoms with Crippen molar-refractivity contribution in [3.63, 3.8) is 0 Å². The molecule has 0 amide bonds. The van der Waals surface area contributed by atoms with Gasteiger partial charge in [-0.2, -0.15) is 0 Å². The van der Waals surface area contributed by atoms with Crippen molar-refractivity contribution < 1.29 is 4.74 Å². The van der Waals surface area contributed by atoms with Crippen molar-refractivity contribution in [1.29, 1.82) is 0 Å². The first-order valence-electron chi connectivity index (χ1n) is 6.59. The maximum atomic E-state index is 5.08. The third kappa shape index (κ3) is 3.42. The maximum absolute atomic E-state index is 5.08. The van der Waals surface area contributed by atoms with E-state index in [2.05, 4.69) is 34.5 Å². The van der Waals surface area contributed by atoms with Crippen LogP contribution in [0.5, 0.6) is 0 Å². The van der Waals surface area contributed by atoms with Crippen molar-refractivity contribution in [1.82, 2.24) is 9.97 Å². The number of aromatic nitrogens is 2. The fourth-order valence-corrected chi connectivity index (χ4v) is 3.10. The van der Waals surface area contributed by atoms with Crippen LogP contribution in [-0.4, -0.2) is 30.2 Å². The lowest BCUT2D eigenvalue weighted by Crippen LogP contribution is -2.10. The molecule has 2 heterocycles. The zero-order valence-electron chi connectivity index (χ0n) is 12.0. The highest BCUT2D eigenvalue weighted by Gasteiger charge is 2.13. The molecular formula is C14H21N3OS. The van der Waals surface area contributed by atoms with E-state index in [1.807, 2.05) is 6.92 Å². The van der Waals surface area contributed by atoms with Gasteiger partial charge < -0.3 is 10.1 Å². The minimum Gasteiger partial charge on any atom is -0.383 e. The van der Waals surface area contributed by atoms with Crippen molar-refractivity contribution in [3.8, 4) is 0 Å². The highest BCUT2D eigenvalue weighted by molar-refractivity contribution is 7.17. The number of fused-ring (bicyclic) bond motifs is 1. The first-order chi connectivity index (χ1) is 9.11. The Balaban J connectivity index is 2.37. The van der Waals surface area contributed by atoms with E-state index in [9.17, 15) is 0 Å². The second-order valence-corrected chi connectivity index (χ2v) is 5.94. The molecule has 19 heavy (non-hydrogen) atoms. The molecule has 0 saturated carbocycles. The molecule has 0 radical (unpaired) electrons. The lowest BCUT2D eigenvalue weighted by molar-refractivity contribution is 0.210. The molecule has 0 aliphatic rings. The van der Waals surface area contributed by atoms with Gasteiger partial charge in [-0.1, -0.05) is 13.8 Å². The minimum absolute atomic E-state index is 0.630. The van der Waals surface area contributed by atoms with Crippen LogP contribution in [0.1, 0.15) is 25.2 Å².